The Bertz CT molecular complexity index is 437. The van der Waals surface area contributed by atoms with E-state index in [1.54, 1.807) is 7.05 Å². The molecular formula is C12H13ClN2OS. The second-order valence-corrected chi connectivity index (χ2v) is 4.62. The lowest BCUT2D eigenvalue weighted by molar-refractivity contribution is -0.125. The Morgan fingerprint density at radius 2 is 2.00 bits per heavy atom. The van der Waals surface area contributed by atoms with Crippen LogP contribution in [0.1, 0.15) is 6.42 Å². The van der Waals surface area contributed by atoms with Gasteiger partial charge in [-0.3, -0.25) is 9.69 Å². The molecule has 1 fully saturated rings. The molecule has 5 heteroatoms. The Balaban J connectivity index is 2.36. The number of amides is 1. The first kappa shape index (κ1) is 12.3. The molecule has 1 aromatic carbocycles. The Morgan fingerprint density at radius 1 is 1.35 bits per heavy atom. The van der Waals surface area contributed by atoms with E-state index in [0.717, 1.165) is 5.69 Å². The second kappa shape index (κ2) is 5.02. The van der Waals surface area contributed by atoms with Crippen molar-refractivity contribution in [2.45, 2.75) is 12.5 Å². The number of para-hydroxylation sites is 1. The van der Waals surface area contributed by atoms with Crippen LogP contribution in [0.5, 0.6) is 0 Å². The first-order valence-electron chi connectivity index (χ1n) is 5.38. The standard InChI is InChI=1S/C12H13ClN2OS/c1-14-11(16)10(7-8-13)15(12(14)17)9-5-3-2-4-6-9/h2-6,10H,7-8H2,1H3. The molecule has 1 saturated heterocycles. The summed E-state index contributed by atoms with van der Waals surface area (Å²) in [5.74, 6) is 0.454. The quantitative estimate of drug-likeness (QED) is 0.621. The van der Waals surface area contributed by atoms with E-state index in [1.807, 2.05) is 35.2 Å². The van der Waals surface area contributed by atoms with Gasteiger partial charge in [0, 0.05) is 18.6 Å². The minimum Gasteiger partial charge on any atom is -0.306 e. The Hall–Kier alpha value is -1.13. The lowest BCUT2D eigenvalue weighted by Gasteiger charge is -2.23. The van der Waals surface area contributed by atoms with Crippen LogP contribution in [-0.2, 0) is 4.79 Å². The maximum absolute atomic E-state index is 12.0. The molecule has 0 aliphatic carbocycles. The van der Waals surface area contributed by atoms with Gasteiger partial charge in [-0.05, 0) is 30.8 Å². The van der Waals surface area contributed by atoms with Crippen molar-refractivity contribution >= 4 is 40.5 Å². The second-order valence-electron chi connectivity index (χ2n) is 3.88. The molecule has 0 bridgehead atoms. The lowest BCUT2D eigenvalue weighted by atomic mass is 10.2. The van der Waals surface area contributed by atoms with Crippen LogP contribution in [-0.4, -0.2) is 34.9 Å². The van der Waals surface area contributed by atoms with Crippen LogP contribution < -0.4 is 4.90 Å². The summed E-state index contributed by atoms with van der Waals surface area (Å²) < 4.78 is 0. The van der Waals surface area contributed by atoms with E-state index in [9.17, 15) is 4.79 Å². The number of carbonyl (C=O) groups is 1. The van der Waals surface area contributed by atoms with E-state index >= 15 is 0 Å². The fourth-order valence-corrected chi connectivity index (χ4v) is 2.49. The summed E-state index contributed by atoms with van der Waals surface area (Å²) in [4.78, 5) is 15.4. The molecule has 1 aliphatic heterocycles. The van der Waals surface area contributed by atoms with Gasteiger partial charge in [0.25, 0.3) is 5.91 Å². The van der Waals surface area contributed by atoms with E-state index in [2.05, 4.69) is 0 Å². The first-order chi connectivity index (χ1) is 8.16. The van der Waals surface area contributed by atoms with Gasteiger partial charge in [-0.2, -0.15) is 0 Å². The molecule has 1 atom stereocenters. The fraction of sp³-hybridized carbons (Fsp3) is 0.333. The number of anilines is 1. The summed E-state index contributed by atoms with van der Waals surface area (Å²) in [6, 6.07) is 9.41. The monoisotopic (exact) mass is 268 g/mol. The molecule has 2 rings (SSSR count). The Morgan fingerprint density at radius 3 is 2.59 bits per heavy atom. The molecule has 0 radical (unpaired) electrons. The van der Waals surface area contributed by atoms with Crippen molar-refractivity contribution in [3.63, 3.8) is 0 Å². The van der Waals surface area contributed by atoms with Gasteiger partial charge in [-0.1, -0.05) is 18.2 Å². The van der Waals surface area contributed by atoms with E-state index in [4.69, 9.17) is 23.8 Å². The van der Waals surface area contributed by atoms with Crippen LogP contribution in [0.15, 0.2) is 30.3 Å². The van der Waals surface area contributed by atoms with Crippen molar-refractivity contribution in [3.05, 3.63) is 30.3 Å². The van der Waals surface area contributed by atoms with Crippen LogP contribution >= 0.6 is 23.8 Å². The summed E-state index contributed by atoms with van der Waals surface area (Å²) in [6.07, 6.45) is 0.597. The van der Waals surface area contributed by atoms with Crippen molar-refractivity contribution < 1.29 is 4.79 Å². The topological polar surface area (TPSA) is 23.6 Å². The number of hydrogen-bond acceptors (Lipinski definition) is 2. The largest absolute Gasteiger partial charge is 0.306 e. The fourth-order valence-electron chi connectivity index (χ4n) is 1.96. The average molecular weight is 269 g/mol. The van der Waals surface area contributed by atoms with Crippen molar-refractivity contribution in [1.82, 2.24) is 4.90 Å². The molecule has 1 aromatic rings. The maximum Gasteiger partial charge on any atom is 0.251 e. The summed E-state index contributed by atoms with van der Waals surface area (Å²) in [5.41, 5.74) is 0.935. The van der Waals surface area contributed by atoms with Gasteiger partial charge >= 0.3 is 0 Å². The molecule has 90 valence electrons. The van der Waals surface area contributed by atoms with E-state index < -0.39 is 0 Å². The number of nitrogens with zero attached hydrogens (tertiary/aromatic N) is 2. The highest BCUT2D eigenvalue weighted by atomic mass is 35.5. The molecule has 0 aromatic heterocycles. The summed E-state index contributed by atoms with van der Waals surface area (Å²) in [7, 11) is 1.70. The molecule has 17 heavy (non-hydrogen) atoms. The third kappa shape index (κ3) is 2.15. The Labute approximate surface area is 111 Å². The zero-order valence-corrected chi connectivity index (χ0v) is 11.0. The molecule has 0 saturated carbocycles. The van der Waals surface area contributed by atoms with Gasteiger partial charge in [0.05, 0.1) is 0 Å². The number of hydrogen-bond donors (Lipinski definition) is 0. The molecule has 1 heterocycles. The predicted molar refractivity (Wildman–Crippen MR) is 73.4 cm³/mol. The van der Waals surface area contributed by atoms with Crippen molar-refractivity contribution in [2.75, 3.05) is 17.8 Å². The van der Waals surface area contributed by atoms with E-state index in [0.29, 0.717) is 17.4 Å². The van der Waals surface area contributed by atoms with E-state index in [-0.39, 0.29) is 11.9 Å². The number of carbonyl (C=O) groups excluding carboxylic acids is 1. The number of thiocarbonyl (C=S) groups is 1. The number of rotatable bonds is 3. The van der Waals surface area contributed by atoms with Gasteiger partial charge < -0.3 is 4.90 Å². The molecule has 1 unspecified atom stereocenters. The highest BCUT2D eigenvalue weighted by molar-refractivity contribution is 7.80. The average Bonchev–Trinajstić information content (AvgIpc) is 2.56. The van der Waals surface area contributed by atoms with Gasteiger partial charge in [0.15, 0.2) is 5.11 Å². The molecule has 0 N–H and O–H groups in total. The van der Waals surface area contributed by atoms with Crippen molar-refractivity contribution in [2.24, 2.45) is 0 Å². The van der Waals surface area contributed by atoms with Crippen molar-refractivity contribution in [3.8, 4) is 0 Å². The third-order valence-corrected chi connectivity index (χ3v) is 3.53. The van der Waals surface area contributed by atoms with Crippen LogP contribution in [0.2, 0.25) is 0 Å². The van der Waals surface area contributed by atoms with Gasteiger partial charge in [-0.15, -0.1) is 11.6 Å². The zero-order chi connectivity index (χ0) is 12.4. The van der Waals surface area contributed by atoms with Crippen LogP contribution in [0.3, 0.4) is 0 Å². The first-order valence-corrected chi connectivity index (χ1v) is 6.33. The van der Waals surface area contributed by atoms with Gasteiger partial charge in [0.2, 0.25) is 0 Å². The minimum absolute atomic E-state index is 0.0134. The minimum atomic E-state index is -0.271. The van der Waals surface area contributed by atoms with Gasteiger partial charge in [0.1, 0.15) is 6.04 Å². The normalized spacial score (nSPS) is 20.2. The highest BCUT2D eigenvalue weighted by Crippen LogP contribution is 2.26. The number of halogens is 1. The molecule has 3 nitrogen and oxygen atoms in total. The number of benzene rings is 1. The van der Waals surface area contributed by atoms with Gasteiger partial charge in [-0.25, -0.2) is 0 Å². The maximum atomic E-state index is 12.0. The lowest BCUT2D eigenvalue weighted by Crippen LogP contribution is -2.35. The molecule has 0 spiro atoms. The number of alkyl halides is 1. The highest BCUT2D eigenvalue weighted by Gasteiger charge is 2.40. The predicted octanol–water partition coefficient (Wildman–Crippen LogP) is 2.25. The van der Waals surface area contributed by atoms with E-state index in [1.165, 1.54) is 4.90 Å². The number of likely N-dealkylation sites (N-methyl/N-ethyl adjacent to an activating group) is 1. The summed E-state index contributed by atoms with van der Waals surface area (Å²) >= 11 is 11.1. The Kier molecular flexibility index (Phi) is 3.64. The third-order valence-electron chi connectivity index (χ3n) is 2.84. The zero-order valence-electron chi connectivity index (χ0n) is 9.47. The molecule has 1 amide bonds. The van der Waals surface area contributed by atoms with Crippen LogP contribution in [0, 0.1) is 0 Å². The molecule has 1 aliphatic rings. The summed E-state index contributed by atoms with van der Waals surface area (Å²) in [6.45, 7) is 0. The SMILES string of the molecule is CN1C(=O)C(CCCl)N(c2ccccc2)C1=S. The van der Waals surface area contributed by atoms with Crippen LogP contribution in [0.25, 0.3) is 0 Å². The summed E-state index contributed by atoms with van der Waals surface area (Å²) in [5, 5.41) is 0.538. The van der Waals surface area contributed by atoms with Crippen molar-refractivity contribution in [1.29, 1.82) is 0 Å². The molecular weight excluding hydrogens is 256 g/mol. The smallest absolute Gasteiger partial charge is 0.251 e. The van der Waals surface area contributed by atoms with Crippen LogP contribution in [0.4, 0.5) is 5.69 Å².